The van der Waals surface area contributed by atoms with Crippen LogP contribution in [-0.4, -0.2) is 41.7 Å². The van der Waals surface area contributed by atoms with Crippen LogP contribution >= 0.6 is 11.6 Å². The molecule has 1 fully saturated rings. The van der Waals surface area contributed by atoms with E-state index in [-0.39, 0.29) is 24.5 Å². The molecule has 1 amide bonds. The molecule has 2 N–H and O–H groups in total. The number of rotatable bonds is 4. The minimum atomic E-state index is -0.222. The number of likely N-dealkylation sites (tertiary alicyclic amines) is 1. The van der Waals surface area contributed by atoms with Crippen molar-refractivity contribution in [1.82, 2.24) is 4.90 Å². The van der Waals surface area contributed by atoms with Crippen LogP contribution in [0.5, 0.6) is 0 Å². The topological polar surface area (TPSA) is 52.6 Å². The van der Waals surface area contributed by atoms with E-state index in [1.165, 1.54) is 0 Å². The van der Waals surface area contributed by atoms with Gasteiger partial charge in [0.2, 0.25) is 5.91 Å². The van der Waals surface area contributed by atoms with Crippen LogP contribution in [0.25, 0.3) is 0 Å². The summed E-state index contributed by atoms with van der Waals surface area (Å²) in [5.74, 6) is 0.219. The summed E-state index contributed by atoms with van der Waals surface area (Å²) in [6.07, 6.45) is 2.06. The van der Waals surface area contributed by atoms with Crippen LogP contribution in [0.1, 0.15) is 19.8 Å². The Morgan fingerprint density at radius 1 is 1.55 bits per heavy atom. The molecule has 2 unspecified atom stereocenters. The van der Waals surface area contributed by atoms with Crippen molar-refractivity contribution in [2.75, 3.05) is 25.0 Å². The number of anilines is 1. The number of nitrogens with one attached hydrogen (secondary N) is 1. The first-order valence-corrected chi connectivity index (χ1v) is 7.40. The number of amides is 1. The number of hydrogen-bond acceptors (Lipinski definition) is 3. The number of nitrogens with zero attached hydrogens (tertiary/aromatic N) is 1. The number of hydrogen-bond donors (Lipinski definition) is 2. The van der Waals surface area contributed by atoms with Crippen LogP contribution in [0.2, 0.25) is 5.02 Å². The number of para-hydroxylation sites is 1. The largest absolute Gasteiger partial charge is 0.396 e. The SMILES string of the molecule is CC(C(=O)Nc1ccccc1Cl)N1CCCC(CO)C1. The van der Waals surface area contributed by atoms with Crippen molar-refractivity contribution in [3.05, 3.63) is 29.3 Å². The van der Waals surface area contributed by atoms with E-state index >= 15 is 0 Å². The van der Waals surface area contributed by atoms with E-state index in [0.29, 0.717) is 10.7 Å². The first-order chi connectivity index (χ1) is 9.61. The molecule has 110 valence electrons. The first-order valence-electron chi connectivity index (χ1n) is 7.02. The molecule has 1 heterocycles. The van der Waals surface area contributed by atoms with Crippen LogP contribution in [0.4, 0.5) is 5.69 Å². The molecule has 2 rings (SSSR count). The summed E-state index contributed by atoms with van der Waals surface area (Å²) in [6, 6.07) is 7.00. The smallest absolute Gasteiger partial charge is 0.241 e. The molecule has 1 aromatic carbocycles. The predicted molar refractivity (Wildman–Crippen MR) is 80.9 cm³/mol. The van der Waals surface area contributed by atoms with Gasteiger partial charge in [-0.2, -0.15) is 0 Å². The van der Waals surface area contributed by atoms with E-state index in [1.54, 1.807) is 12.1 Å². The molecule has 0 aliphatic carbocycles. The molecule has 20 heavy (non-hydrogen) atoms. The molecule has 0 saturated carbocycles. The van der Waals surface area contributed by atoms with E-state index in [4.69, 9.17) is 11.6 Å². The van der Waals surface area contributed by atoms with Gasteiger partial charge < -0.3 is 10.4 Å². The Labute approximate surface area is 124 Å². The quantitative estimate of drug-likeness (QED) is 0.897. The highest BCUT2D eigenvalue weighted by atomic mass is 35.5. The van der Waals surface area contributed by atoms with Gasteiger partial charge in [-0.25, -0.2) is 0 Å². The number of aliphatic hydroxyl groups excluding tert-OH is 1. The predicted octanol–water partition coefficient (Wildman–Crippen LogP) is 2.37. The zero-order valence-corrected chi connectivity index (χ0v) is 12.4. The summed E-state index contributed by atoms with van der Waals surface area (Å²) in [5.41, 5.74) is 0.640. The second-order valence-corrected chi connectivity index (χ2v) is 5.74. The van der Waals surface area contributed by atoms with E-state index in [1.807, 2.05) is 19.1 Å². The molecule has 1 aromatic rings. The number of benzene rings is 1. The van der Waals surface area contributed by atoms with Gasteiger partial charge in [-0.05, 0) is 44.4 Å². The molecule has 0 radical (unpaired) electrons. The highest BCUT2D eigenvalue weighted by Gasteiger charge is 2.27. The summed E-state index contributed by atoms with van der Waals surface area (Å²) in [4.78, 5) is 14.4. The van der Waals surface area contributed by atoms with Gasteiger partial charge in [0.15, 0.2) is 0 Å². The summed E-state index contributed by atoms with van der Waals surface area (Å²) in [5, 5.41) is 12.7. The second-order valence-electron chi connectivity index (χ2n) is 5.33. The summed E-state index contributed by atoms with van der Waals surface area (Å²) >= 11 is 6.04. The average molecular weight is 297 g/mol. The Morgan fingerprint density at radius 3 is 3.00 bits per heavy atom. The minimum absolute atomic E-state index is 0.0586. The van der Waals surface area contributed by atoms with Crippen molar-refractivity contribution >= 4 is 23.2 Å². The molecular formula is C15H21ClN2O2. The monoisotopic (exact) mass is 296 g/mol. The van der Waals surface area contributed by atoms with Crippen molar-refractivity contribution in [2.45, 2.75) is 25.8 Å². The van der Waals surface area contributed by atoms with Gasteiger partial charge in [-0.3, -0.25) is 9.69 Å². The lowest BCUT2D eigenvalue weighted by Crippen LogP contribution is -2.47. The number of piperidine rings is 1. The summed E-state index contributed by atoms with van der Waals surface area (Å²) in [7, 11) is 0. The van der Waals surface area contributed by atoms with Crippen molar-refractivity contribution in [1.29, 1.82) is 0 Å². The van der Waals surface area contributed by atoms with Crippen LogP contribution in [0, 0.1) is 5.92 Å². The molecule has 0 bridgehead atoms. The van der Waals surface area contributed by atoms with Crippen molar-refractivity contribution in [2.24, 2.45) is 5.92 Å². The van der Waals surface area contributed by atoms with Gasteiger partial charge >= 0.3 is 0 Å². The first kappa shape index (κ1) is 15.3. The Bertz CT molecular complexity index is 467. The van der Waals surface area contributed by atoms with E-state index in [0.717, 1.165) is 25.9 Å². The molecule has 0 aromatic heterocycles. The van der Waals surface area contributed by atoms with Crippen molar-refractivity contribution in [3.63, 3.8) is 0 Å². The zero-order valence-electron chi connectivity index (χ0n) is 11.7. The molecule has 4 nitrogen and oxygen atoms in total. The summed E-state index contributed by atoms with van der Waals surface area (Å²) in [6.45, 7) is 3.75. The standard InChI is InChI=1S/C15H21ClN2O2/c1-11(18-8-4-5-12(9-18)10-19)15(20)17-14-7-3-2-6-13(14)16/h2-3,6-7,11-12,19H,4-5,8-10H2,1H3,(H,17,20). The maximum absolute atomic E-state index is 12.3. The molecule has 2 atom stereocenters. The number of aliphatic hydroxyl groups is 1. The van der Waals surface area contributed by atoms with Crippen molar-refractivity contribution in [3.8, 4) is 0 Å². The average Bonchev–Trinajstić information content (AvgIpc) is 2.48. The van der Waals surface area contributed by atoms with E-state index in [2.05, 4.69) is 10.2 Å². The normalized spacial score (nSPS) is 21.4. The minimum Gasteiger partial charge on any atom is -0.396 e. The third kappa shape index (κ3) is 3.72. The molecular weight excluding hydrogens is 276 g/mol. The number of halogens is 1. The van der Waals surface area contributed by atoms with Gasteiger partial charge in [-0.15, -0.1) is 0 Å². The highest BCUT2D eigenvalue weighted by Crippen LogP contribution is 2.22. The van der Waals surface area contributed by atoms with Crippen LogP contribution in [-0.2, 0) is 4.79 Å². The molecule has 1 saturated heterocycles. The fourth-order valence-corrected chi connectivity index (χ4v) is 2.75. The van der Waals surface area contributed by atoms with Crippen LogP contribution < -0.4 is 5.32 Å². The maximum atomic E-state index is 12.3. The fourth-order valence-electron chi connectivity index (χ4n) is 2.56. The Kier molecular flexibility index (Phi) is 5.40. The van der Waals surface area contributed by atoms with Gasteiger partial charge in [0, 0.05) is 13.2 Å². The van der Waals surface area contributed by atoms with Gasteiger partial charge in [0.25, 0.3) is 0 Å². The Hall–Kier alpha value is -1.10. The third-order valence-corrected chi connectivity index (χ3v) is 4.20. The highest BCUT2D eigenvalue weighted by molar-refractivity contribution is 6.33. The van der Waals surface area contributed by atoms with Gasteiger partial charge in [0.05, 0.1) is 16.8 Å². The van der Waals surface area contributed by atoms with Crippen molar-refractivity contribution < 1.29 is 9.90 Å². The molecule has 1 aliphatic heterocycles. The lowest BCUT2D eigenvalue weighted by atomic mass is 9.97. The Morgan fingerprint density at radius 2 is 2.30 bits per heavy atom. The molecule has 0 spiro atoms. The lowest BCUT2D eigenvalue weighted by Gasteiger charge is -2.35. The molecule has 1 aliphatic rings. The Balaban J connectivity index is 1.96. The van der Waals surface area contributed by atoms with Gasteiger partial charge in [0.1, 0.15) is 0 Å². The number of carbonyl (C=O) groups is 1. The lowest BCUT2D eigenvalue weighted by molar-refractivity contribution is -0.121. The maximum Gasteiger partial charge on any atom is 0.241 e. The second kappa shape index (κ2) is 7.07. The van der Waals surface area contributed by atoms with Gasteiger partial charge in [-0.1, -0.05) is 23.7 Å². The molecule has 5 heteroatoms. The number of carbonyl (C=O) groups excluding carboxylic acids is 1. The summed E-state index contributed by atoms with van der Waals surface area (Å²) < 4.78 is 0. The van der Waals surface area contributed by atoms with Crippen LogP contribution in [0.15, 0.2) is 24.3 Å². The zero-order chi connectivity index (χ0) is 14.5. The third-order valence-electron chi connectivity index (χ3n) is 3.87. The van der Waals surface area contributed by atoms with Crippen LogP contribution in [0.3, 0.4) is 0 Å². The fraction of sp³-hybridized carbons (Fsp3) is 0.533. The van der Waals surface area contributed by atoms with E-state index in [9.17, 15) is 9.90 Å². The van der Waals surface area contributed by atoms with E-state index < -0.39 is 0 Å².